The minimum absolute atomic E-state index is 0.166. The summed E-state index contributed by atoms with van der Waals surface area (Å²) in [5.74, 6) is 0.231. The molecule has 0 unspecified atom stereocenters. The number of pyridine rings is 1. The van der Waals surface area contributed by atoms with Gasteiger partial charge in [-0.25, -0.2) is 4.98 Å². The van der Waals surface area contributed by atoms with E-state index < -0.39 is 0 Å². The molecule has 1 heterocycles. The molecule has 0 aliphatic heterocycles. The van der Waals surface area contributed by atoms with Crippen LogP contribution in [0.5, 0.6) is 0 Å². The maximum absolute atomic E-state index is 11.9. The zero-order chi connectivity index (χ0) is 13.0. The van der Waals surface area contributed by atoms with E-state index in [1.807, 2.05) is 24.3 Å². The Morgan fingerprint density at radius 3 is 2.94 bits per heavy atom. The highest BCUT2D eigenvalue weighted by molar-refractivity contribution is 5.99. The summed E-state index contributed by atoms with van der Waals surface area (Å²) in [6.45, 7) is 2.75. The van der Waals surface area contributed by atoms with Crippen LogP contribution in [0.15, 0.2) is 30.3 Å². The summed E-state index contributed by atoms with van der Waals surface area (Å²) in [4.78, 5) is 16.0. The molecule has 0 saturated carbocycles. The lowest BCUT2D eigenvalue weighted by atomic mass is 10.1. The van der Waals surface area contributed by atoms with E-state index in [9.17, 15) is 4.79 Å². The topological polar surface area (TPSA) is 68.0 Å². The number of hydrogen-bond acceptors (Lipinski definition) is 3. The van der Waals surface area contributed by atoms with E-state index in [1.54, 1.807) is 6.07 Å². The lowest BCUT2D eigenvalue weighted by Gasteiger charge is -2.07. The first kappa shape index (κ1) is 12.4. The minimum atomic E-state index is -0.166. The van der Waals surface area contributed by atoms with Crippen molar-refractivity contribution in [1.82, 2.24) is 10.3 Å². The number of rotatable bonds is 4. The first-order valence-corrected chi connectivity index (χ1v) is 6.16. The lowest BCUT2D eigenvalue weighted by Crippen LogP contribution is -2.25. The van der Waals surface area contributed by atoms with Crippen molar-refractivity contribution >= 4 is 22.5 Å². The number of amides is 1. The fraction of sp³-hybridized carbons (Fsp3) is 0.286. The molecule has 94 valence electrons. The molecular formula is C14H17N3O. The van der Waals surface area contributed by atoms with Gasteiger partial charge in [0.25, 0.3) is 5.91 Å². The van der Waals surface area contributed by atoms with E-state index in [2.05, 4.69) is 17.2 Å². The highest BCUT2D eigenvalue weighted by Crippen LogP contribution is 2.19. The molecule has 0 aliphatic rings. The molecule has 18 heavy (non-hydrogen) atoms. The molecule has 1 aromatic heterocycles. The molecule has 2 aromatic rings. The van der Waals surface area contributed by atoms with Crippen LogP contribution in [0.2, 0.25) is 0 Å². The van der Waals surface area contributed by atoms with Crippen LogP contribution in [0, 0.1) is 0 Å². The molecule has 1 aromatic carbocycles. The SMILES string of the molecule is CCCCNC(=O)c1cc2ccccc2c(N)n1. The molecule has 0 radical (unpaired) electrons. The largest absolute Gasteiger partial charge is 0.383 e. The summed E-state index contributed by atoms with van der Waals surface area (Å²) in [5, 5.41) is 4.65. The maximum atomic E-state index is 11.9. The number of nitrogens with zero attached hydrogens (tertiary/aromatic N) is 1. The van der Waals surface area contributed by atoms with Crippen molar-refractivity contribution in [2.45, 2.75) is 19.8 Å². The average molecular weight is 243 g/mol. The Kier molecular flexibility index (Phi) is 3.77. The Morgan fingerprint density at radius 1 is 1.39 bits per heavy atom. The molecule has 2 rings (SSSR count). The van der Waals surface area contributed by atoms with Crippen molar-refractivity contribution in [2.24, 2.45) is 0 Å². The summed E-state index contributed by atoms with van der Waals surface area (Å²) < 4.78 is 0. The standard InChI is InChI=1S/C14H17N3O/c1-2-3-8-16-14(18)12-9-10-6-4-5-7-11(10)13(15)17-12/h4-7,9H,2-3,8H2,1H3,(H2,15,17)(H,16,18). The van der Waals surface area contributed by atoms with E-state index >= 15 is 0 Å². The number of nitrogen functional groups attached to an aromatic ring is 1. The van der Waals surface area contributed by atoms with Gasteiger partial charge in [-0.05, 0) is 17.9 Å². The van der Waals surface area contributed by atoms with Gasteiger partial charge >= 0.3 is 0 Å². The van der Waals surface area contributed by atoms with Gasteiger partial charge in [-0.15, -0.1) is 0 Å². The molecule has 0 spiro atoms. The Bertz CT molecular complexity index is 566. The van der Waals surface area contributed by atoms with Gasteiger partial charge in [0.15, 0.2) is 0 Å². The third kappa shape index (κ3) is 2.59. The fourth-order valence-electron chi connectivity index (χ4n) is 1.81. The molecule has 0 fully saturated rings. The van der Waals surface area contributed by atoms with Crippen molar-refractivity contribution in [3.63, 3.8) is 0 Å². The Morgan fingerprint density at radius 2 is 2.17 bits per heavy atom. The monoisotopic (exact) mass is 243 g/mol. The number of nitrogens with two attached hydrogens (primary N) is 1. The highest BCUT2D eigenvalue weighted by Gasteiger charge is 2.09. The van der Waals surface area contributed by atoms with Crippen LogP contribution in [0.1, 0.15) is 30.3 Å². The molecule has 4 heteroatoms. The Hall–Kier alpha value is -2.10. The molecule has 1 amide bonds. The zero-order valence-electron chi connectivity index (χ0n) is 10.4. The second kappa shape index (κ2) is 5.49. The van der Waals surface area contributed by atoms with E-state index in [0.29, 0.717) is 18.1 Å². The van der Waals surface area contributed by atoms with Gasteiger partial charge in [-0.3, -0.25) is 4.79 Å². The van der Waals surface area contributed by atoms with Crippen molar-refractivity contribution < 1.29 is 4.79 Å². The van der Waals surface area contributed by atoms with Crippen LogP contribution in [-0.2, 0) is 0 Å². The molecule has 4 nitrogen and oxygen atoms in total. The second-order valence-electron chi connectivity index (χ2n) is 4.22. The van der Waals surface area contributed by atoms with Crippen LogP contribution in [0.25, 0.3) is 10.8 Å². The van der Waals surface area contributed by atoms with Gasteiger partial charge in [-0.1, -0.05) is 37.6 Å². The fourth-order valence-corrected chi connectivity index (χ4v) is 1.81. The average Bonchev–Trinajstić information content (AvgIpc) is 2.39. The van der Waals surface area contributed by atoms with E-state index in [4.69, 9.17) is 5.73 Å². The van der Waals surface area contributed by atoms with Gasteiger partial charge < -0.3 is 11.1 Å². The van der Waals surface area contributed by atoms with Crippen LogP contribution < -0.4 is 11.1 Å². The number of anilines is 1. The summed E-state index contributed by atoms with van der Waals surface area (Å²) in [6, 6.07) is 9.42. The van der Waals surface area contributed by atoms with Crippen LogP contribution in [0.4, 0.5) is 5.82 Å². The summed E-state index contributed by atoms with van der Waals surface area (Å²) in [6.07, 6.45) is 2.02. The predicted molar refractivity (Wildman–Crippen MR) is 73.4 cm³/mol. The van der Waals surface area contributed by atoms with Crippen molar-refractivity contribution in [3.8, 4) is 0 Å². The van der Waals surface area contributed by atoms with Crippen molar-refractivity contribution in [2.75, 3.05) is 12.3 Å². The zero-order valence-corrected chi connectivity index (χ0v) is 10.4. The number of fused-ring (bicyclic) bond motifs is 1. The summed E-state index contributed by atoms with van der Waals surface area (Å²) in [5.41, 5.74) is 6.24. The number of unbranched alkanes of at least 4 members (excludes halogenated alkanes) is 1. The predicted octanol–water partition coefficient (Wildman–Crippen LogP) is 2.35. The molecule has 0 atom stereocenters. The molecule has 0 bridgehead atoms. The van der Waals surface area contributed by atoms with E-state index in [-0.39, 0.29) is 5.91 Å². The number of benzene rings is 1. The van der Waals surface area contributed by atoms with Crippen LogP contribution in [0.3, 0.4) is 0 Å². The van der Waals surface area contributed by atoms with Crippen LogP contribution in [-0.4, -0.2) is 17.4 Å². The number of hydrogen-bond donors (Lipinski definition) is 2. The second-order valence-corrected chi connectivity index (χ2v) is 4.22. The Balaban J connectivity index is 2.26. The molecule has 0 aliphatic carbocycles. The van der Waals surface area contributed by atoms with Gasteiger partial charge in [0.1, 0.15) is 11.5 Å². The Labute approximate surface area is 106 Å². The van der Waals surface area contributed by atoms with Gasteiger partial charge in [-0.2, -0.15) is 0 Å². The highest BCUT2D eigenvalue weighted by atomic mass is 16.1. The van der Waals surface area contributed by atoms with Gasteiger partial charge in [0.05, 0.1) is 0 Å². The number of aromatic nitrogens is 1. The maximum Gasteiger partial charge on any atom is 0.269 e. The third-order valence-corrected chi connectivity index (χ3v) is 2.82. The van der Waals surface area contributed by atoms with Crippen molar-refractivity contribution in [1.29, 1.82) is 0 Å². The third-order valence-electron chi connectivity index (χ3n) is 2.82. The number of nitrogens with one attached hydrogen (secondary N) is 1. The molecule has 3 N–H and O–H groups in total. The van der Waals surface area contributed by atoms with E-state index in [0.717, 1.165) is 23.6 Å². The lowest BCUT2D eigenvalue weighted by molar-refractivity contribution is 0.0948. The van der Waals surface area contributed by atoms with Gasteiger partial charge in [0.2, 0.25) is 0 Å². The van der Waals surface area contributed by atoms with Crippen LogP contribution >= 0.6 is 0 Å². The first-order chi connectivity index (χ1) is 8.72. The molecular weight excluding hydrogens is 226 g/mol. The number of carbonyl (C=O) groups is 1. The first-order valence-electron chi connectivity index (χ1n) is 6.16. The molecule has 0 saturated heterocycles. The minimum Gasteiger partial charge on any atom is -0.383 e. The summed E-state index contributed by atoms with van der Waals surface area (Å²) >= 11 is 0. The smallest absolute Gasteiger partial charge is 0.269 e. The van der Waals surface area contributed by atoms with Crippen molar-refractivity contribution in [3.05, 3.63) is 36.0 Å². The summed E-state index contributed by atoms with van der Waals surface area (Å²) in [7, 11) is 0. The van der Waals surface area contributed by atoms with E-state index in [1.165, 1.54) is 0 Å². The quantitative estimate of drug-likeness (QED) is 0.810. The van der Waals surface area contributed by atoms with Gasteiger partial charge in [0, 0.05) is 11.9 Å². The normalized spacial score (nSPS) is 10.5. The number of carbonyl (C=O) groups excluding carboxylic acids is 1.